The molecule has 1 rings (SSSR count). The average molecular weight is 139 g/mol. The van der Waals surface area contributed by atoms with E-state index in [9.17, 15) is 0 Å². The maximum atomic E-state index is 4.84. The van der Waals surface area contributed by atoms with Crippen LogP contribution >= 0.6 is 0 Å². The summed E-state index contributed by atoms with van der Waals surface area (Å²) in [5, 5.41) is 3.35. The molecule has 0 aromatic heterocycles. The Morgan fingerprint density at radius 1 is 1.70 bits per heavy atom. The van der Waals surface area contributed by atoms with Crippen molar-refractivity contribution < 1.29 is 4.84 Å². The van der Waals surface area contributed by atoms with Crippen LogP contribution in [0, 0.1) is 5.92 Å². The molecule has 0 aliphatic heterocycles. The van der Waals surface area contributed by atoms with Crippen molar-refractivity contribution in [2.45, 2.75) is 19.3 Å². The third kappa shape index (κ3) is 2.21. The van der Waals surface area contributed by atoms with Gasteiger partial charge in [0.2, 0.25) is 0 Å². The Hall–Kier alpha value is -0.790. The number of nitrogens with zero attached hydrogens (tertiary/aromatic N) is 1. The third-order valence-corrected chi connectivity index (χ3v) is 1.73. The van der Waals surface area contributed by atoms with Gasteiger partial charge in [-0.2, -0.15) is 0 Å². The predicted octanol–water partition coefficient (Wildman–Crippen LogP) is 1.97. The van der Waals surface area contributed by atoms with Gasteiger partial charge in [0.25, 0.3) is 0 Å². The van der Waals surface area contributed by atoms with Gasteiger partial charge >= 0.3 is 0 Å². The second-order valence-electron chi connectivity index (χ2n) is 2.54. The molecule has 1 unspecified atom stereocenters. The Labute approximate surface area is 61.6 Å². The molecule has 2 nitrogen and oxygen atoms in total. The van der Waals surface area contributed by atoms with Crippen LogP contribution in [0.4, 0.5) is 0 Å². The SMILES string of the molecule is C=NOCC1C=CCCC1. The van der Waals surface area contributed by atoms with Crippen LogP contribution in [-0.4, -0.2) is 13.3 Å². The largest absolute Gasteiger partial charge is 0.396 e. The Morgan fingerprint density at radius 3 is 3.20 bits per heavy atom. The minimum absolute atomic E-state index is 0.569. The molecule has 1 aliphatic rings. The summed E-state index contributed by atoms with van der Waals surface area (Å²) in [4.78, 5) is 4.84. The second kappa shape index (κ2) is 4.09. The zero-order chi connectivity index (χ0) is 7.23. The summed E-state index contributed by atoms with van der Waals surface area (Å²) in [5.41, 5.74) is 0. The third-order valence-electron chi connectivity index (χ3n) is 1.73. The number of rotatable bonds is 3. The summed E-state index contributed by atoms with van der Waals surface area (Å²) in [5.74, 6) is 0.569. The topological polar surface area (TPSA) is 21.6 Å². The first-order chi connectivity index (χ1) is 4.93. The number of hydrogen-bond donors (Lipinski definition) is 0. The van der Waals surface area contributed by atoms with E-state index >= 15 is 0 Å². The molecule has 56 valence electrons. The van der Waals surface area contributed by atoms with Gasteiger partial charge in [-0.05, 0) is 19.3 Å². The summed E-state index contributed by atoms with van der Waals surface area (Å²) in [6.45, 7) is 3.94. The maximum absolute atomic E-state index is 4.84. The first-order valence-corrected chi connectivity index (χ1v) is 3.68. The minimum Gasteiger partial charge on any atom is -0.396 e. The number of allylic oxidation sites excluding steroid dienone is 1. The average Bonchev–Trinajstić information content (AvgIpc) is 2.03. The van der Waals surface area contributed by atoms with Crippen molar-refractivity contribution in [2.24, 2.45) is 11.1 Å². The van der Waals surface area contributed by atoms with Gasteiger partial charge in [-0.25, -0.2) is 0 Å². The maximum Gasteiger partial charge on any atom is 0.123 e. The normalized spacial score (nSPS) is 24.2. The van der Waals surface area contributed by atoms with E-state index in [0.29, 0.717) is 12.5 Å². The lowest BCUT2D eigenvalue weighted by molar-refractivity contribution is 0.119. The second-order valence-corrected chi connectivity index (χ2v) is 2.54. The van der Waals surface area contributed by atoms with Gasteiger partial charge < -0.3 is 4.84 Å². The van der Waals surface area contributed by atoms with Crippen LogP contribution < -0.4 is 0 Å². The summed E-state index contributed by atoms with van der Waals surface area (Å²) < 4.78 is 0. The molecule has 0 aromatic carbocycles. The van der Waals surface area contributed by atoms with E-state index in [0.717, 1.165) is 0 Å². The molecule has 1 aliphatic carbocycles. The smallest absolute Gasteiger partial charge is 0.123 e. The Bertz CT molecular complexity index is 131. The van der Waals surface area contributed by atoms with E-state index in [1.807, 2.05) is 0 Å². The van der Waals surface area contributed by atoms with Crippen molar-refractivity contribution in [3.63, 3.8) is 0 Å². The molecular weight excluding hydrogens is 126 g/mol. The minimum atomic E-state index is 0.569. The highest BCUT2D eigenvalue weighted by Gasteiger charge is 2.07. The van der Waals surface area contributed by atoms with Gasteiger partial charge in [0, 0.05) is 12.6 Å². The van der Waals surface area contributed by atoms with Crippen LogP contribution in [0.15, 0.2) is 17.3 Å². The molecule has 0 saturated carbocycles. The first kappa shape index (κ1) is 7.32. The first-order valence-electron chi connectivity index (χ1n) is 3.68. The quantitative estimate of drug-likeness (QED) is 0.333. The van der Waals surface area contributed by atoms with Gasteiger partial charge in [-0.3, -0.25) is 0 Å². The Kier molecular flexibility index (Phi) is 3.00. The van der Waals surface area contributed by atoms with Crippen LogP contribution in [0.2, 0.25) is 0 Å². The summed E-state index contributed by atoms with van der Waals surface area (Å²) in [7, 11) is 0. The fourth-order valence-corrected chi connectivity index (χ4v) is 1.17. The number of oxime groups is 1. The van der Waals surface area contributed by atoms with Crippen LogP contribution in [0.3, 0.4) is 0 Å². The van der Waals surface area contributed by atoms with Crippen LogP contribution in [-0.2, 0) is 4.84 Å². The molecule has 0 N–H and O–H groups in total. The zero-order valence-electron chi connectivity index (χ0n) is 6.12. The van der Waals surface area contributed by atoms with Crippen LogP contribution in [0.1, 0.15) is 19.3 Å². The molecule has 0 heterocycles. The van der Waals surface area contributed by atoms with Gasteiger partial charge in [0.15, 0.2) is 0 Å². The van der Waals surface area contributed by atoms with Crippen molar-refractivity contribution in [1.29, 1.82) is 0 Å². The molecule has 0 bridgehead atoms. The van der Waals surface area contributed by atoms with E-state index in [1.165, 1.54) is 19.3 Å². The molecule has 2 heteroatoms. The van der Waals surface area contributed by atoms with Crippen molar-refractivity contribution >= 4 is 6.72 Å². The van der Waals surface area contributed by atoms with Gasteiger partial charge in [0.05, 0.1) is 0 Å². The van der Waals surface area contributed by atoms with E-state index in [4.69, 9.17) is 4.84 Å². The lowest BCUT2D eigenvalue weighted by Gasteiger charge is -2.13. The zero-order valence-corrected chi connectivity index (χ0v) is 6.12. The van der Waals surface area contributed by atoms with Gasteiger partial charge in [-0.15, -0.1) is 5.16 Å². The van der Waals surface area contributed by atoms with E-state index in [1.54, 1.807) is 0 Å². The molecular formula is C8H13NO. The predicted molar refractivity (Wildman–Crippen MR) is 42.0 cm³/mol. The fourth-order valence-electron chi connectivity index (χ4n) is 1.17. The summed E-state index contributed by atoms with van der Waals surface area (Å²) in [6.07, 6.45) is 8.14. The monoisotopic (exact) mass is 139 g/mol. The molecule has 0 radical (unpaired) electrons. The lowest BCUT2D eigenvalue weighted by atomic mass is 9.97. The van der Waals surface area contributed by atoms with Crippen molar-refractivity contribution in [1.82, 2.24) is 0 Å². The highest BCUT2D eigenvalue weighted by molar-refractivity contribution is 5.21. The van der Waals surface area contributed by atoms with E-state index in [2.05, 4.69) is 24.0 Å². The Morgan fingerprint density at radius 2 is 2.60 bits per heavy atom. The highest BCUT2D eigenvalue weighted by atomic mass is 16.6. The molecule has 1 atom stereocenters. The molecule has 0 aromatic rings. The molecule has 0 fully saturated rings. The Balaban J connectivity index is 2.19. The van der Waals surface area contributed by atoms with Crippen molar-refractivity contribution in [2.75, 3.05) is 6.61 Å². The van der Waals surface area contributed by atoms with Crippen molar-refractivity contribution in [3.05, 3.63) is 12.2 Å². The standard InChI is InChI=1S/C8H13NO/c1-9-10-7-8-5-3-2-4-6-8/h3,5,8H,1-2,4,6-7H2. The van der Waals surface area contributed by atoms with Gasteiger partial charge in [0.1, 0.15) is 6.61 Å². The summed E-state index contributed by atoms with van der Waals surface area (Å²) >= 11 is 0. The molecule has 0 amide bonds. The number of hydrogen-bond acceptors (Lipinski definition) is 2. The van der Waals surface area contributed by atoms with Gasteiger partial charge in [-0.1, -0.05) is 12.2 Å². The van der Waals surface area contributed by atoms with E-state index in [-0.39, 0.29) is 0 Å². The highest BCUT2D eigenvalue weighted by Crippen LogP contribution is 2.16. The van der Waals surface area contributed by atoms with E-state index < -0.39 is 0 Å². The molecule has 10 heavy (non-hydrogen) atoms. The van der Waals surface area contributed by atoms with Crippen LogP contribution in [0.25, 0.3) is 0 Å². The van der Waals surface area contributed by atoms with Crippen LogP contribution in [0.5, 0.6) is 0 Å². The summed E-state index contributed by atoms with van der Waals surface area (Å²) in [6, 6.07) is 0. The van der Waals surface area contributed by atoms with Crippen molar-refractivity contribution in [3.8, 4) is 0 Å². The fraction of sp³-hybridized carbons (Fsp3) is 0.625. The molecule has 0 saturated heterocycles. The lowest BCUT2D eigenvalue weighted by Crippen LogP contribution is -2.06. The molecule has 0 spiro atoms.